The van der Waals surface area contributed by atoms with Crippen molar-refractivity contribution in [2.75, 3.05) is 0 Å². The molecule has 0 bridgehead atoms. The Hall–Kier alpha value is 0.110. The monoisotopic (exact) mass is 446 g/mol. The van der Waals surface area contributed by atoms with Crippen LogP contribution in [0.25, 0.3) is 0 Å². The second-order valence-corrected chi connectivity index (χ2v) is 8.15. The van der Waals surface area contributed by atoms with Gasteiger partial charge in [0.15, 0.2) is 0 Å². The Morgan fingerprint density at radius 1 is 0.692 bits per heavy atom. The number of halogens is 4. The van der Waals surface area contributed by atoms with E-state index in [1.807, 2.05) is 0 Å². The molecule has 0 saturated heterocycles. The second kappa shape index (κ2) is 23.1. The SMILES string of the molecule is CCCCCCCCC=CCCCCCCCC(=O)O.ClC(Cl)=C(Cl)Cl. The molecule has 6 heteroatoms. The number of carboxylic acids is 1. The molecule has 0 unspecified atom stereocenters. The van der Waals surface area contributed by atoms with Crippen LogP contribution in [0.15, 0.2) is 21.1 Å². The zero-order chi connectivity index (χ0) is 20.0. The third-order valence-corrected chi connectivity index (χ3v) is 4.94. The van der Waals surface area contributed by atoms with Crippen LogP contribution in [0.2, 0.25) is 0 Å². The van der Waals surface area contributed by atoms with Crippen molar-refractivity contribution < 1.29 is 9.90 Å². The van der Waals surface area contributed by atoms with Gasteiger partial charge in [-0.3, -0.25) is 4.79 Å². The summed E-state index contributed by atoms with van der Waals surface area (Å²) in [5, 5.41) is 8.51. The summed E-state index contributed by atoms with van der Waals surface area (Å²) in [5.41, 5.74) is 0. The molecule has 0 aliphatic carbocycles. The van der Waals surface area contributed by atoms with Crippen molar-refractivity contribution in [3.8, 4) is 0 Å². The summed E-state index contributed by atoms with van der Waals surface area (Å²) in [4.78, 5) is 10.3. The molecule has 1 N–H and O–H groups in total. The molecular formula is C20H34Cl4O2. The van der Waals surface area contributed by atoms with E-state index in [0.29, 0.717) is 6.42 Å². The fraction of sp³-hybridized carbons (Fsp3) is 0.750. The lowest BCUT2D eigenvalue weighted by atomic mass is 10.1. The number of unbranched alkanes of at least 4 members (excludes halogenated alkanes) is 11. The van der Waals surface area contributed by atoms with Crippen molar-refractivity contribution in [2.45, 2.75) is 96.8 Å². The van der Waals surface area contributed by atoms with Gasteiger partial charge in [0.05, 0.1) is 0 Å². The smallest absolute Gasteiger partial charge is 0.303 e. The summed E-state index contributed by atoms with van der Waals surface area (Å²) < 4.78 is -0.198. The second-order valence-electron chi connectivity index (χ2n) is 6.25. The molecule has 0 fully saturated rings. The summed E-state index contributed by atoms with van der Waals surface area (Å²) in [5.74, 6) is -0.664. The van der Waals surface area contributed by atoms with Crippen LogP contribution < -0.4 is 0 Å². The molecule has 0 aromatic carbocycles. The minimum Gasteiger partial charge on any atom is -0.481 e. The maximum absolute atomic E-state index is 10.3. The van der Waals surface area contributed by atoms with Crippen LogP contribution in [0, 0.1) is 0 Å². The molecule has 2 nitrogen and oxygen atoms in total. The van der Waals surface area contributed by atoms with Crippen LogP contribution in [0.1, 0.15) is 96.8 Å². The molecular weight excluding hydrogens is 414 g/mol. The minimum absolute atomic E-state index is 0.0988. The third kappa shape index (κ3) is 28.9. The number of aliphatic carboxylic acids is 1. The number of hydrogen-bond acceptors (Lipinski definition) is 1. The van der Waals surface area contributed by atoms with Crippen LogP contribution in [-0.4, -0.2) is 11.1 Å². The van der Waals surface area contributed by atoms with Gasteiger partial charge in [-0.25, -0.2) is 0 Å². The van der Waals surface area contributed by atoms with Crippen molar-refractivity contribution in [3.63, 3.8) is 0 Å². The van der Waals surface area contributed by atoms with Crippen LogP contribution in [0.5, 0.6) is 0 Å². The summed E-state index contributed by atoms with van der Waals surface area (Å²) >= 11 is 20.0. The average Bonchev–Trinajstić information content (AvgIpc) is 2.58. The molecule has 154 valence electrons. The molecule has 0 aromatic heterocycles. The molecule has 0 rings (SSSR count). The van der Waals surface area contributed by atoms with Crippen molar-refractivity contribution in [2.24, 2.45) is 0 Å². The van der Waals surface area contributed by atoms with Crippen molar-refractivity contribution in [1.29, 1.82) is 0 Å². The van der Waals surface area contributed by atoms with E-state index in [1.54, 1.807) is 0 Å². The highest BCUT2D eigenvalue weighted by Crippen LogP contribution is 2.20. The van der Waals surface area contributed by atoms with Gasteiger partial charge in [-0.2, -0.15) is 0 Å². The van der Waals surface area contributed by atoms with E-state index in [4.69, 9.17) is 51.5 Å². The lowest BCUT2D eigenvalue weighted by Gasteiger charge is -1.99. The topological polar surface area (TPSA) is 37.3 Å². The number of carboxylic acid groups (broad SMARTS) is 1. The summed E-state index contributed by atoms with van der Waals surface area (Å²) in [7, 11) is 0. The Morgan fingerprint density at radius 3 is 1.46 bits per heavy atom. The maximum atomic E-state index is 10.3. The van der Waals surface area contributed by atoms with E-state index in [2.05, 4.69) is 19.1 Å². The van der Waals surface area contributed by atoms with Gasteiger partial charge >= 0.3 is 5.97 Å². The van der Waals surface area contributed by atoms with Crippen LogP contribution in [0.3, 0.4) is 0 Å². The molecule has 0 aromatic rings. The Bertz CT molecular complexity index is 364. The van der Waals surface area contributed by atoms with Gasteiger partial charge in [0.2, 0.25) is 0 Å². The lowest BCUT2D eigenvalue weighted by Crippen LogP contribution is -1.93. The third-order valence-electron chi connectivity index (χ3n) is 3.80. The first kappa shape index (κ1) is 28.3. The first-order valence-corrected chi connectivity index (χ1v) is 11.2. The molecule has 0 atom stereocenters. The minimum atomic E-state index is -0.664. The number of carbonyl (C=O) groups is 1. The van der Waals surface area contributed by atoms with E-state index >= 15 is 0 Å². The van der Waals surface area contributed by atoms with Gasteiger partial charge in [0, 0.05) is 6.42 Å². The quantitative estimate of drug-likeness (QED) is 0.200. The van der Waals surface area contributed by atoms with Crippen LogP contribution >= 0.6 is 46.4 Å². The fourth-order valence-corrected chi connectivity index (χ4v) is 2.35. The zero-order valence-electron chi connectivity index (χ0n) is 15.9. The Morgan fingerprint density at radius 2 is 1.08 bits per heavy atom. The van der Waals surface area contributed by atoms with E-state index in [9.17, 15) is 4.79 Å². The van der Waals surface area contributed by atoms with E-state index in [0.717, 1.165) is 12.8 Å². The largest absolute Gasteiger partial charge is 0.481 e. The molecule has 0 aliphatic rings. The first-order chi connectivity index (χ1) is 12.4. The highest BCUT2D eigenvalue weighted by Gasteiger charge is 1.95. The standard InChI is InChI=1S/C18H34O2.C2Cl4/c1-2-3-4-5-6-7-8-9-10-11-12-13-14-15-16-17-18(19)20;3-1(4)2(5)6/h9-10H,2-8,11-17H2,1H3,(H,19,20);. The Kier molecular flexibility index (Phi) is 25.2. The van der Waals surface area contributed by atoms with Gasteiger partial charge < -0.3 is 5.11 Å². The molecule has 0 radical (unpaired) electrons. The molecule has 0 amide bonds. The van der Waals surface area contributed by atoms with Gasteiger partial charge in [-0.15, -0.1) is 0 Å². The summed E-state index contributed by atoms with van der Waals surface area (Å²) in [6.45, 7) is 2.26. The lowest BCUT2D eigenvalue weighted by molar-refractivity contribution is -0.137. The molecule has 0 heterocycles. The predicted octanol–water partition coefficient (Wildman–Crippen LogP) is 9.18. The van der Waals surface area contributed by atoms with Crippen molar-refractivity contribution in [1.82, 2.24) is 0 Å². The molecule has 0 saturated carbocycles. The number of rotatable bonds is 15. The number of hydrogen-bond donors (Lipinski definition) is 1. The highest BCUT2D eigenvalue weighted by atomic mass is 35.5. The molecule has 0 spiro atoms. The van der Waals surface area contributed by atoms with Gasteiger partial charge in [-0.05, 0) is 32.1 Å². The van der Waals surface area contributed by atoms with E-state index < -0.39 is 5.97 Å². The molecule has 0 aliphatic heterocycles. The van der Waals surface area contributed by atoms with Gasteiger partial charge in [0.1, 0.15) is 8.98 Å². The zero-order valence-corrected chi connectivity index (χ0v) is 18.9. The van der Waals surface area contributed by atoms with Crippen LogP contribution in [-0.2, 0) is 4.79 Å². The fourth-order valence-electron chi connectivity index (χ4n) is 2.35. The Labute approximate surface area is 179 Å². The van der Waals surface area contributed by atoms with Crippen LogP contribution in [0.4, 0.5) is 0 Å². The van der Waals surface area contributed by atoms with Gasteiger partial charge in [0.25, 0.3) is 0 Å². The number of allylic oxidation sites excluding steroid dienone is 2. The van der Waals surface area contributed by atoms with Gasteiger partial charge in [-0.1, -0.05) is 117 Å². The maximum Gasteiger partial charge on any atom is 0.303 e. The Balaban J connectivity index is 0. The average molecular weight is 448 g/mol. The normalized spacial score (nSPS) is 10.5. The van der Waals surface area contributed by atoms with Crippen molar-refractivity contribution >= 4 is 52.4 Å². The molecule has 26 heavy (non-hydrogen) atoms. The van der Waals surface area contributed by atoms with E-state index in [1.165, 1.54) is 70.6 Å². The predicted molar refractivity (Wildman–Crippen MR) is 118 cm³/mol. The highest BCUT2D eigenvalue weighted by molar-refractivity contribution is 6.67. The first-order valence-electron chi connectivity index (χ1n) is 9.64. The van der Waals surface area contributed by atoms with E-state index in [-0.39, 0.29) is 8.98 Å². The van der Waals surface area contributed by atoms with Crippen molar-refractivity contribution in [3.05, 3.63) is 21.1 Å². The summed E-state index contributed by atoms with van der Waals surface area (Å²) in [6, 6.07) is 0. The summed E-state index contributed by atoms with van der Waals surface area (Å²) in [6.07, 6.45) is 21.2.